The van der Waals surface area contributed by atoms with E-state index in [0.29, 0.717) is 6.54 Å². The van der Waals surface area contributed by atoms with E-state index in [9.17, 15) is 0 Å². The Morgan fingerprint density at radius 1 is 1.55 bits per heavy atom. The van der Waals surface area contributed by atoms with Crippen LogP contribution in [0.15, 0.2) is 29.3 Å². The van der Waals surface area contributed by atoms with Crippen LogP contribution in [0.3, 0.4) is 0 Å². The van der Waals surface area contributed by atoms with Crippen molar-refractivity contribution in [1.82, 2.24) is 0 Å². The molecular weight excluding hydrogens is 156 g/mol. The van der Waals surface area contributed by atoms with Gasteiger partial charge in [0, 0.05) is 6.54 Å². The fourth-order valence-electron chi connectivity index (χ4n) is 0.806. The first kappa shape index (κ1) is 8.08. The molecular formula is C8H8N2S. The third-order valence-electron chi connectivity index (χ3n) is 1.32. The largest absolute Gasteiger partial charge is 0.326 e. The summed E-state index contributed by atoms with van der Waals surface area (Å²) >= 11 is 4.47. The van der Waals surface area contributed by atoms with Crippen LogP contribution in [0.1, 0.15) is 5.56 Å². The van der Waals surface area contributed by atoms with Crippen molar-refractivity contribution in [2.75, 3.05) is 0 Å². The summed E-state index contributed by atoms with van der Waals surface area (Å²) in [5.41, 5.74) is 7.29. The molecule has 0 bridgehead atoms. The van der Waals surface area contributed by atoms with Crippen LogP contribution in [0.25, 0.3) is 0 Å². The first-order valence-corrected chi connectivity index (χ1v) is 3.64. The molecule has 1 aromatic carbocycles. The average Bonchev–Trinajstić information content (AvgIpc) is 2.06. The first-order valence-electron chi connectivity index (χ1n) is 3.23. The highest BCUT2D eigenvalue weighted by molar-refractivity contribution is 7.78. The molecule has 11 heavy (non-hydrogen) atoms. The zero-order valence-electron chi connectivity index (χ0n) is 5.95. The van der Waals surface area contributed by atoms with Crippen molar-refractivity contribution >= 4 is 23.1 Å². The summed E-state index contributed by atoms with van der Waals surface area (Å²) in [5.74, 6) is 0. The van der Waals surface area contributed by atoms with Crippen LogP contribution in [-0.2, 0) is 6.54 Å². The van der Waals surface area contributed by atoms with E-state index in [1.807, 2.05) is 24.3 Å². The Bertz CT molecular complexity index is 290. The van der Waals surface area contributed by atoms with Gasteiger partial charge in [0.15, 0.2) is 0 Å². The van der Waals surface area contributed by atoms with Gasteiger partial charge in [-0.3, -0.25) is 0 Å². The highest BCUT2D eigenvalue weighted by Gasteiger charge is 1.89. The van der Waals surface area contributed by atoms with E-state index in [0.717, 1.165) is 11.3 Å². The lowest BCUT2D eigenvalue weighted by Gasteiger charge is -1.95. The van der Waals surface area contributed by atoms with Gasteiger partial charge in [0.05, 0.1) is 10.8 Å². The van der Waals surface area contributed by atoms with Gasteiger partial charge in [-0.05, 0) is 29.9 Å². The number of rotatable bonds is 2. The molecule has 2 N–H and O–H groups in total. The van der Waals surface area contributed by atoms with Crippen LogP contribution in [0.5, 0.6) is 0 Å². The Balaban J connectivity index is 3.00. The van der Waals surface area contributed by atoms with Gasteiger partial charge in [-0.1, -0.05) is 12.1 Å². The molecule has 0 radical (unpaired) electrons. The maximum Gasteiger partial charge on any atom is 0.0742 e. The monoisotopic (exact) mass is 164 g/mol. The SMILES string of the molecule is NCc1cccc(N=C=S)c1. The summed E-state index contributed by atoms with van der Waals surface area (Å²) in [7, 11) is 0. The third kappa shape index (κ3) is 2.24. The van der Waals surface area contributed by atoms with Gasteiger partial charge in [-0.25, -0.2) is 0 Å². The Hall–Kier alpha value is -1.02. The van der Waals surface area contributed by atoms with Crippen LogP contribution >= 0.6 is 12.2 Å². The molecule has 0 amide bonds. The van der Waals surface area contributed by atoms with Gasteiger partial charge in [0.1, 0.15) is 0 Å². The first-order chi connectivity index (χ1) is 5.36. The third-order valence-corrected chi connectivity index (χ3v) is 1.41. The molecule has 0 saturated heterocycles. The predicted octanol–water partition coefficient (Wildman–Crippen LogP) is 1.88. The van der Waals surface area contributed by atoms with Crippen LogP contribution < -0.4 is 5.73 Å². The Labute approximate surface area is 70.8 Å². The maximum atomic E-state index is 5.43. The van der Waals surface area contributed by atoms with Gasteiger partial charge in [0.25, 0.3) is 0 Å². The Morgan fingerprint density at radius 3 is 3.00 bits per heavy atom. The van der Waals surface area contributed by atoms with Crippen molar-refractivity contribution in [2.45, 2.75) is 6.54 Å². The van der Waals surface area contributed by atoms with E-state index in [-0.39, 0.29) is 0 Å². The van der Waals surface area contributed by atoms with Gasteiger partial charge in [-0.15, -0.1) is 0 Å². The second-order valence-corrected chi connectivity index (χ2v) is 2.26. The summed E-state index contributed by atoms with van der Waals surface area (Å²) in [6, 6.07) is 7.59. The molecule has 3 heteroatoms. The van der Waals surface area contributed by atoms with Crippen molar-refractivity contribution in [2.24, 2.45) is 10.7 Å². The minimum Gasteiger partial charge on any atom is -0.326 e. The van der Waals surface area contributed by atoms with Crippen LogP contribution in [0.2, 0.25) is 0 Å². The zero-order chi connectivity index (χ0) is 8.10. The number of benzene rings is 1. The Morgan fingerprint density at radius 2 is 2.36 bits per heavy atom. The molecule has 0 atom stereocenters. The number of hydrogen-bond donors (Lipinski definition) is 1. The molecule has 0 aromatic heterocycles. The number of aliphatic imine (C=N–C) groups is 1. The number of nitrogens with two attached hydrogens (primary N) is 1. The van der Waals surface area contributed by atoms with E-state index >= 15 is 0 Å². The normalized spacial score (nSPS) is 8.82. The second kappa shape index (κ2) is 3.98. The number of hydrogen-bond acceptors (Lipinski definition) is 3. The number of thiocarbonyl (C=S) groups is 1. The molecule has 2 nitrogen and oxygen atoms in total. The molecule has 0 aliphatic heterocycles. The molecule has 1 aromatic rings. The summed E-state index contributed by atoms with van der Waals surface area (Å²) < 4.78 is 0. The quantitative estimate of drug-likeness (QED) is 0.535. The summed E-state index contributed by atoms with van der Waals surface area (Å²) in [6.07, 6.45) is 0. The smallest absolute Gasteiger partial charge is 0.0742 e. The lowest BCUT2D eigenvalue weighted by molar-refractivity contribution is 1.07. The molecule has 0 saturated carbocycles. The molecule has 0 spiro atoms. The van der Waals surface area contributed by atoms with Crippen molar-refractivity contribution in [3.05, 3.63) is 29.8 Å². The lowest BCUT2D eigenvalue weighted by atomic mass is 10.2. The second-order valence-electron chi connectivity index (χ2n) is 2.08. The van der Waals surface area contributed by atoms with Gasteiger partial charge in [0.2, 0.25) is 0 Å². The minimum atomic E-state index is 0.529. The van der Waals surface area contributed by atoms with Crippen LogP contribution in [0.4, 0.5) is 5.69 Å². The van der Waals surface area contributed by atoms with Gasteiger partial charge < -0.3 is 5.73 Å². The molecule has 56 valence electrons. The van der Waals surface area contributed by atoms with Crippen LogP contribution in [0, 0.1) is 0 Å². The fraction of sp³-hybridized carbons (Fsp3) is 0.125. The molecule has 1 rings (SSSR count). The molecule has 0 aliphatic rings. The van der Waals surface area contributed by atoms with E-state index in [1.54, 1.807) is 0 Å². The van der Waals surface area contributed by atoms with Gasteiger partial charge >= 0.3 is 0 Å². The lowest BCUT2D eigenvalue weighted by Crippen LogP contribution is -1.94. The molecule has 0 heterocycles. The number of isothiocyanates is 1. The number of nitrogens with zero attached hydrogens (tertiary/aromatic N) is 1. The van der Waals surface area contributed by atoms with Gasteiger partial charge in [-0.2, -0.15) is 4.99 Å². The zero-order valence-corrected chi connectivity index (χ0v) is 6.77. The minimum absolute atomic E-state index is 0.529. The molecule has 0 aliphatic carbocycles. The summed E-state index contributed by atoms with van der Waals surface area (Å²) in [4.78, 5) is 3.82. The van der Waals surface area contributed by atoms with E-state index in [4.69, 9.17) is 5.73 Å². The van der Waals surface area contributed by atoms with Crippen molar-refractivity contribution in [3.8, 4) is 0 Å². The highest BCUT2D eigenvalue weighted by atomic mass is 32.1. The van der Waals surface area contributed by atoms with E-state index in [1.165, 1.54) is 0 Å². The van der Waals surface area contributed by atoms with Crippen molar-refractivity contribution < 1.29 is 0 Å². The van der Waals surface area contributed by atoms with Crippen molar-refractivity contribution in [3.63, 3.8) is 0 Å². The van der Waals surface area contributed by atoms with E-state index in [2.05, 4.69) is 22.4 Å². The standard InChI is InChI=1S/C8H8N2S/c9-5-7-2-1-3-8(4-7)10-6-11/h1-4H,5,9H2. The highest BCUT2D eigenvalue weighted by Crippen LogP contribution is 2.12. The summed E-state index contributed by atoms with van der Waals surface area (Å²) in [6.45, 7) is 0.529. The average molecular weight is 164 g/mol. The van der Waals surface area contributed by atoms with E-state index < -0.39 is 0 Å². The fourth-order valence-corrected chi connectivity index (χ4v) is 0.911. The summed E-state index contributed by atoms with van der Waals surface area (Å²) in [5, 5.41) is 2.30. The maximum absolute atomic E-state index is 5.43. The van der Waals surface area contributed by atoms with Crippen LogP contribution in [-0.4, -0.2) is 5.16 Å². The molecule has 0 fully saturated rings. The predicted molar refractivity (Wildman–Crippen MR) is 49.0 cm³/mol. The molecule has 0 unspecified atom stereocenters. The topological polar surface area (TPSA) is 38.4 Å². The van der Waals surface area contributed by atoms with Crippen molar-refractivity contribution in [1.29, 1.82) is 0 Å². The Kier molecular flexibility index (Phi) is 2.93.